The average Bonchev–Trinajstić information content (AvgIpc) is 2.95. The minimum absolute atomic E-state index is 0.0117. The van der Waals surface area contributed by atoms with E-state index in [0.717, 1.165) is 17.0 Å². The van der Waals surface area contributed by atoms with E-state index in [9.17, 15) is 27.9 Å². The lowest BCUT2D eigenvalue weighted by molar-refractivity contribution is -0.139. The highest BCUT2D eigenvalue weighted by Crippen LogP contribution is 2.35. The normalized spacial score (nSPS) is 13.8. The number of nitrogens with zero attached hydrogens (tertiary/aromatic N) is 2. The maximum absolute atomic E-state index is 13.3. The Morgan fingerprint density at radius 1 is 1.05 bits per heavy atom. The van der Waals surface area contributed by atoms with E-state index in [1.807, 2.05) is 24.3 Å². The van der Waals surface area contributed by atoms with E-state index in [1.165, 1.54) is 18.2 Å². The van der Waals surface area contributed by atoms with E-state index in [0.29, 0.717) is 35.3 Å². The third-order valence-electron chi connectivity index (χ3n) is 7.14. The van der Waals surface area contributed by atoms with Gasteiger partial charge in [-0.05, 0) is 52.8 Å². The molecule has 1 aromatic heterocycles. The lowest BCUT2D eigenvalue weighted by atomic mass is 9.96. The van der Waals surface area contributed by atoms with Gasteiger partial charge in [-0.2, -0.15) is 0 Å². The second-order valence-electron chi connectivity index (χ2n) is 10.1. The Balaban J connectivity index is 1.35. The molecule has 3 aromatic carbocycles. The molecule has 0 bridgehead atoms. The fourth-order valence-electron chi connectivity index (χ4n) is 4.97. The van der Waals surface area contributed by atoms with Crippen LogP contribution in [0, 0.1) is 0 Å². The summed E-state index contributed by atoms with van der Waals surface area (Å²) in [5, 5.41) is 14.2. The first-order chi connectivity index (χ1) is 19.9. The first kappa shape index (κ1) is 29.5. The Labute approximate surface area is 252 Å². The number of carbonyl (C=O) groups excluding carboxylic acids is 2. The van der Waals surface area contributed by atoms with Crippen molar-refractivity contribution >= 4 is 61.6 Å². The summed E-state index contributed by atoms with van der Waals surface area (Å²) in [4.78, 5) is 44.5. The van der Waals surface area contributed by atoms with Gasteiger partial charge in [0.1, 0.15) is 11.7 Å². The number of pyridine rings is 1. The van der Waals surface area contributed by atoms with E-state index in [-0.39, 0.29) is 39.4 Å². The van der Waals surface area contributed by atoms with E-state index in [2.05, 4.69) is 10.3 Å². The number of carboxylic acids is 1. The third-order valence-corrected chi connectivity index (χ3v) is 8.96. The highest BCUT2D eigenvalue weighted by atomic mass is 35.5. The molecule has 12 heteroatoms. The van der Waals surface area contributed by atoms with Gasteiger partial charge in [-0.25, -0.2) is 13.2 Å². The molecule has 9 nitrogen and oxygen atoms in total. The molecule has 1 aliphatic rings. The Morgan fingerprint density at radius 3 is 2.50 bits per heavy atom. The minimum Gasteiger partial charge on any atom is -0.480 e. The van der Waals surface area contributed by atoms with Crippen molar-refractivity contribution in [3.05, 3.63) is 105 Å². The van der Waals surface area contributed by atoms with Gasteiger partial charge >= 0.3 is 5.97 Å². The summed E-state index contributed by atoms with van der Waals surface area (Å²) in [6.07, 6.45) is 2.90. The number of carboxylic acid groups (broad SMARTS) is 1. The number of fused-ring (bicyclic) bond motifs is 2. The maximum Gasteiger partial charge on any atom is 0.326 e. The van der Waals surface area contributed by atoms with Crippen molar-refractivity contribution in [3.8, 4) is 0 Å². The molecule has 0 saturated carbocycles. The standard InChI is InChI=1S/C30H25Cl2N3O6S/c1-42(40,41)21-8-4-5-17(11-21)12-25(30(38)39)34-28(36)26-23(31)13-20-16-35(10-9-22(20)27(26)32)29(37)24-14-18-6-2-3-7-19(18)15-33-24/h2-8,11,13-15,25H,9-10,12,16H2,1H3,(H,34,36)(H,38,39)/t25-/m0/s1. The van der Waals surface area contributed by atoms with Crippen LogP contribution in [-0.4, -0.2) is 60.0 Å². The van der Waals surface area contributed by atoms with Crippen LogP contribution in [0.4, 0.5) is 0 Å². The van der Waals surface area contributed by atoms with Crippen LogP contribution in [-0.2, 0) is 34.0 Å². The van der Waals surface area contributed by atoms with Gasteiger partial charge in [0.2, 0.25) is 0 Å². The molecule has 1 atom stereocenters. The molecule has 0 aliphatic carbocycles. The summed E-state index contributed by atoms with van der Waals surface area (Å²) >= 11 is 13.1. The Bertz CT molecular complexity index is 1860. The van der Waals surface area contributed by atoms with Crippen LogP contribution >= 0.6 is 23.2 Å². The van der Waals surface area contributed by atoms with Gasteiger partial charge in [-0.3, -0.25) is 14.6 Å². The van der Waals surface area contributed by atoms with Gasteiger partial charge in [0.25, 0.3) is 11.8 Å². The minimum atomic E-state index is -3.50. The van der Waals surface area contributed by atoms with Crippen LogP contribution in [0.5, 0.6) is 0 Å². The highest BCUT2D eigenvalue weighted by Gasteiger charge is 2.30. The van der Waals surface area contributed by atoms with E-state index in [1.54, 1.807) is 29.3 Å². The molecule has 0 fully saturated rings. The van der Waals surface area contributed by atoms with Crippen molar-refractivity contribution in [2.24, 2.45) is 0 Å². The summed E-state index contributed by atoms with van der Waals surface area (Å²) < 4.78 is 23.8. The second-order valence-corrected chi connectivity index (χ2v) is 12.9. The molecule has 42 heavy (non-hydrogen) atoms. The molecule has 2 heterocycles. The number of rotatable bonds is 7. The summed E-state index contributed by atoms with van der Waals surface area (Å²) in [6.45, 7) is 0.537. The zero-order chi connectivity index (χ0) is 30.2. The van der Waals surface area contributed by atoms with Crippen molar-refractivity contribution in [3.63, 3.8) is 0 Å². The van der Waals surface area contributed by atoms with Crippen molar-refractivity contribution in [2.45, 2.75) is 30.3 Å². The Morgan fingerprint density at radius 2 is 1.79 bits per heavy atom. The van der Waals surface area contributed by atoms with Crippen LogP contribution in [0.25, 0.3) is 10.8 Å². The van der Waals surface area contributed by atoms with Crippen LogP contribution in [0.1, 0.15) is 37.5 Å². The van der Waals surface area contributed by atoms with Crippen LogP contribution in [0.15, 0.2) is 71.8 Å². The maximum atomic E-state index is 13.3. The predicted molar refractivity (Wildman–Crippen MR) is 159 cm³/mol. The van der Waals surface area contributed by atoms with Crippen LogP contribution in [0.3, 0.4) is 0 Å². The Hall–Kier alpha value is -3.99. The zero-order valence-electron chi connectivity index (χ0n) is 22.3. The molecule has 4 aromatic rings. The number of carbonyl (C=O) groups is 3. The van der Waals surface area contributed by atoms with Gasteiger partial charge in [0, 0.05) is 37.3 Å². The number of halogens is 2. The quantitative estimate of drug-likeness (QED) is 0.307. The number of hydrogen-bond acceptors (Lipinski definition) is 6. The Kier molecular flexibility index (Phi) is 8.23. The largest absolute Gasteiger partial charge is 0.480 e. The monoisotopic (exact) mass is 625 g/mol. The molecular weight excluding hydrogens is 601 g/mol. The van der Waals surface area contributed by atoms with Crippen molar-refractivity contribution in [1.82, 2.24) is 15.2 Å². The van der Waals surface area contributed by atoms with Crippen LogP contribution in [0.2, 0.25) is 10.0 Å². The number of benzene rings is 3. The molecule has 2 N–H and O–H groups in total. The van der Waals surface area contributed by atoms with Gasteiger partial charge in [0.15, 0.2) is 9.84 Å². The molecule has 2 amide bonds. The van der Waals surface area contributed by atoms with Crippen molar-refractivity contribution < 1.29 is 27.9 Å². The summed E-state index contributed by atoms with van der Waals surface area (Å²) in [5.74, 6) is -2.34. The fraction of sp³-hybridized carbons (Fsp3) is 0.200. The summed E-state index contributed by atoms with van der Waals surface area (Å²) in [5.41, 5.74) is 1.99. The lowest BCUT2D eigenvalue weighted by Crippen LogP contribution is -2.42. The fourth-order valence-corrected chi connectivity index (χ4v) is 6.42. The SMILES string of the molecule is CS(=O)(=O)c1cccc(C[C@H](NC(=O)c2c(Cl)cc3c(c2Cl)CCN(C(=O)c2cc4ccccc4cn2)C3)C(=O)O)c1. The van der Waals surface area contributed by atoms with Crippen LogP contribution < -0.4 is 5.32 Å². The smallest absolute Gasteiger partial charge is 0.326 e. The number of nitrogens with one attached hydrogen (secondary N) is 1. The molecule has 0 radical (unpaired) electrons. The van der Waals surface area contributed by atoms with E-state index < -0.39 is 27.8 Å². The molecule has 0 spiro atoms. The average molecular weight is 627 g/mol. The third kappa shape index (κ3) is 6.11. The molecule has 216 valence electrons. The molecular formula is C30H25Cl2N3O6S. The highest BCUT2D eigenvalue weighted by molar-refractivity contribution is 7.90. The number of sulfone groups is 1. The first-order valence-corrected chi connectivity index (χ1v) is 15.5. The summed E-state index contributed by atoms with van der Waals surface area (Å²) in [6, 6.07) is 15.4. The van der Waals surface area contributed by atoms with Gasteiger partial charge in [-0.15, -0.1) is 0 Å². The second kappa shape index (κ2) is 11.7. The van der Waals surface area contributed by atoms with E-state index >= 15 is 0 Å². The molecule has 0 unspecified atom stereocenters. The van der Waals surface area contributed by atoms with Gasteiger partial charge in [-0.1, -0.05) is 59.6 Å². The number of amides is 2. The number of aliphatic carboxylic acids is 1. The van der Waals surface area contributed by atoms with Gasteiger partial charge in [0.05, 0.1) is 20.5 Å². The zero-order valence-corrected chi connectivity index (χ0v) is 24.6. The topological polar surface area (TPSA) is 134 Å². The van der Waals surface area contributed by atoms with E-state index in [4.69, 9.17) is 23.2 Å². The lowest BCUT2D eigenvalue weighted by Gasteiger charge is -2.30. The number of aromatic nitrogens is 1. The molecule has 1 aliphatic heterocycles. The number of hydrogen-bond donors (Lipinski definition) is 2. The molecule has 5 rings (SSSR count). The molecule has 0 saturated heterocycles. The predicted octanol–water partition coefficient (Wildman–Crippen LogP) is 4.57. The first-order valence-electron chi connectivity index (χ1n) is 12.9. The summed E-state index contributed by atoms with van der Waals surface area (Å²) in [7, 11) is -3.50. The van der Waals surface area contributed by atoms with Gasteiger partial charge < -0.3 is 15.3 Å². The van der Waals surface area contributed by atoms with Crippen molar-refractivity contribution in [1.29, 1.82) is 0 Å². The van der Waals surface area contributed by atoms with Crippen molar-refractivity contribution in [2.75, 3.05) is 12.8 Å².